The standard InChI is InChI=1S/C21H17ClN4O4/c1-11-4-3-5-13(8-11)26-19-14(10-23-26)18(27)17(21(29)25-19)20(28)24-15-9-12(22)6-7-16(15)30-2/h3-10H,1-2H3,(H,24,28)(H2,25,27,29). The van der Waals surface area contributed by atoms with Gasteiger partial charge in [0.15, 0.2) is 0 Å². The number of hydrogen-bond donors (Lipinski definition) is 3. The minimum atomic E-state index is -0.806. The van der Waals surface area contributed by atoms with Gasteiger partial charge in [-0.3, -0.25) is 9.59 Å². The highest BCUT2D eigenvalue weighted by Gasteiger charge is 2.23. The van der Waals surface area contributed by atoms with Crippen LogP contribution in [0.15, 0.2) is 53.5 Å². The Bertz CT molecular complexity index is 1340. The summed E-state index contributed by atoms with van der Waals surface area (Å²) >= 11 is 5.98. The Labute approximate surface area is 175 Å². The Kier molecular flexibility index (Phi) is 4.93. The van der Waals surface area contributed by atoms with E-state index in [0.29, 0.717) is 16.5 Å². The number of nitrogens with zero attached hydrogens (tertiary/aromatic N) is 2. The van der Waals surface area contributed by atoms with Gasteiger partial charge in [0.1, 0.15) is 22.7 Å². The highest BCUT2D eigenvalue weighted by molar-refractivity contribution is 6.31. The molecular formula is C21H17ClN4O4. The lowest BCUT2D eigenvalue weighted by Crippen LogP contribution is -2.24. The first kappa shape index (κ1) is 19.5. The van der Waals surface area contributed by atoms with Gasteiger partial charge in [0.25, 0.3) is 11.5 Å². The fraction of sp³-hybridized carbons (Fsp3) is 0.0952. The predicted octanol–water partition coefficient (Wildman–Crippen LogP) is 3.64. The summed E-state index contributed by atoms with van der Waals surface area (Å²) < 4.78 is 6.69. The minimum absolute atomic E-state index is 0.235. The van der Waals surface area contributed by atoms with Crippen molar-refractivity contribution < 1.29 is 14.6 Å². The van der Waals surface area contributed by atoms with Crippen LogP contribution >= 0.6 is 11.6 Å². The fourth-order valence-electron chi connectivity index (χ4n) is 3.18. The van der Waals surface area contributed by atoms with E-state index >= 15 is 0 Å². The molecule has 0 atom stereocenters. The van der Waals surface area contributed by atoms with Crippen LogP contribution in [0.4, 0.5) is 5.69 Å². The quantitative estimate of drug-likeness (QED) is 0.463. The number of amides is 1. The van der Waals surface area contributed by atoms with Gasteiger partial charge in [-0.2, -0.15) is 5.10 Å². The lowest BCUT2D eigenvalue weighted by Gasteiger charge is -2.11. The summed E-state index contributed by atoms with van der Waals surface area (Å²) in [4.78, 5) is 28.1. The number of pyridine rings is 1. The molecule has 4 rings (SSSR count). The number of carbonyl (C=O) groups is 1. The molecule has 0 unspecified atom stereocenters. The molecule has 30 heavy (non-hydrogen) atoms. The van der Waals surface area contributed by atoms with Crippen molar-refractivity contribution in [3.05, 3.63) is 75.2 Å². The Hall–Kier alpha value is -3.78. The maximum atomic E-state index is 12.8. The third kappa shape index (κ3) is 3.37. The van der Waals surface area contributed by atoms with Crippen LogP contribution in [0.1, 0.15) is 15.9 Å². The molecule has 0 saturated carbocycles. The van der Waals surface area contributed by atoms with Crippen molar-refractivity contribution in [2.75, 3.05) is 12.4 Å². The molecule has 2 aromatic heterocycles. The molecule has 8 nitrogen and oxygen atoms in total. The number of aromatic hydroxyl groups is 1. The van der Waals surface area contributed by atoms with Crippen LogP contribution in [0.3, 0.4) is 0 Å². The van der Waals surface area contributed by atoms with E-state index in [1.165, 1.54) is 24.1 Å². The third-order valence-corrected chi connectivity index (χ3v) is 4.84. The van der Waals surface area contributed by atoms with Gasteiger partial charge in [-0.1, -0.05) is 23.7 Å². The summed E-state index contributed by atoms with van der Waals surface area (Å²) in [5.41, 5.74) is 1.07. The van der Waals surface area contributed by atoms with Gasteiger partial charge in [-0.25, -0.2) is 4.68 Å². The Morgan fingerprint density at radius 1 is 1.27 bits per heavy atom. The van der Waals surface area contributed by atoms with E-state index in [1.807, 2.05) is 31.2 Å². The van der Waals surface area contributed by atoms with Gasteiger partial charge in [0.2, 0.25) is 0 Å². The summed E-state index contributed by atoms with van der Waals surface area (Å²) in [7, 11) is 1.44. The maximum Gasteiger partial charge on any atom is 0.266 e. The van der Waals surface area contributed by atoms with Crippen LogP contribution in [0.5, 0.6) is 11.5 Å². The molecular weight excluding hydrogens is 408 g/mol. The van der Waals surface area contributed by atoms with E-state index in [4.69, 9.17) is 16.3 Å². The molecule has 0 fully saturated rings. The Morgan fingerprint density at radius 3 is 2.80 bits per heavy atom. The number of aromatic amines is 1. The van der Waals surface area contributed by atoms with Gasteiger partial charge >= 0.3 is 0 Å². The molecule has 0 saturated heterocycles. The van der Waals surface area contributed by atoms with Crippen LogP contribution in [-0.2, 0) is 0 Å². The molecule has 0 spiro atoms. The zero-order chi connectivity index (χ0) is 21.4. The normalized spacial score (nSPS) is 10.9. The highest BCUT2D eigenvalue weighted by atomic mass is 35.5. The summed E-state index contributed by atoms with van der Waals surface area (Å²) in [5.74, 6) is -0.914. The summed E-state index contributed by atoms with van der Waals surface area (Å²) in [6.07, 6.45) is 1.39. The molecule has 2 heterocycles. The lowest BCUT2D eigenvalue weighted by atomic mass is 10.1. The molecule has 0 aliphatic carbocycles. The maximum absolute atomic E-state index is 12.8. The van der Waals surface area contributed by atoms with Crippen LogP contribution in [0.25, 0.3) is 16.7 Å². The van der Waals surface area contributed by atoms with E-state index in [-0.39, 0.29) is 16.7 Å². The van der Waals surface area contributed by atoms with Crippen molar-refractivity contribution in [1.29, 1.82) is 0 Å². The molecule has 1 amide bonds. The average molecular weight is 425 g/mol. The second-order valence-corrected chi connectivity index (χ2v) is 7.07. The van der Waals surface area contributed by atoms with Crippen molar-refractivity contribution in [3.8, 4) is 17.2 Å². The number of anilines is 1. The Morgan fingerprint density at radius 2 is 2.07 bits per heavy atom. The number of ether oxygens (including phenoxy) is 1. The van der Waals surface area contributed by atoms with Crippen molar-refractivity contribution >= 4 is 34.2 Å². The summed E-state index contributed by atoms with van der Waals surface area (Å²) in [6, 6.07) is 12.2. The zero-order valence-electron chi connectivity index (χ0n) is 16.1. The largest absolute Gasteiger partial charge is 0.506 e. The number of aromatic nitrogens is 3. The van der Waals surface area contributed by atoms with Gasteiger partial charge in [0.05, 0.1) is 30.1 Å². The first-order valence-electron chi connectivity index (χ1n) is 8.94. The highest BCUT2D eigenvalue weighted by Crippen LogP contribution is 2.30. The van der Waals surface area contributed by atoms with Crippen molar-refractivity contribution in [3.63, 3.8) is 0 Å². The first-order valence-corrected chi connectivity index (χ1v) is 9.31. The van der Waals surface area contributed by atoms with Gasteiger partial charge in [0, 0.05) is 5.02 Å². The number of methoxy groups -OCH3 is 1. The second kappa shape index (κ2) is 7.57. The number of H-pyrrole nitrogens is 1. The first-order chi connectivity index (χ1) is 14.4. The molecule has 152 valence electrons. The Balaban J connectivity index is 1.79. The number of benzene rings is 2. The number of rotatable bonds is 4. The fourth-order valence-corrected chi connectivity index (χ4v) is 3.36. The molecule has 3 N–H and O–H groups in total. The smallest absolute Gasteiger partial charge is 0.266 e. The topological polar surface area (TPSA) is 109 Å². The van der Waals surface area contributed by atoms with E-state index in [1.54, 1.807) is 12.1 Å². The number of nitrogens with one attached hydrogen (secondary N) is 2. The second-order valence-electron chi connectivity index (χ2n) is 6.63. The summed E-state index contributed by atoms with van der Waals surface area (Å²) in [6.45, 7) is 1.93. The van der Waals surface area contributed by atoms with Crippen molar-refractivity contribution in [2.45, 2.75) is 6.92 Å². The summed E-state index contributed by atoms with van der Waals surface area (Å²) in [5, 5.41) is 18.1. The number of aryl methyl sites for hydroxylation is 1. The third-order valence-electron chi connectivity index (χ3n) is 4.60. The zero-order valence-corrected chi connectivity index (χ0v) is 16.8. The van der Waals surface area contributed by atoms with Crippen molar-refractivity contribution in [2.24, 2.45) is 0 Å². The van der Waals surface area contributed by atoms with Crippen LogP contribution in [0.2, 0.25) is 5.02 Å². The van der Waals surface area contributed by atoms with E-state index < -0.39 is 22.8 Å². The number of fused-ring (bicyclic) bond motifs is 1. The van der Waals surface area contributed by atoms with Gasteiger partial charge < -0.3 is 20.1 Å². The molecule has 0 aliphatic heterocycles. The van der Waals surface area contributed by atoms with Crippen LogP contribution in [-0.4, -0.2) is 32.9 Å². The van der Waals surface area contributed by atoms with Gasteiger partial charge in [-0.15, -0.1) is 0 Å². The van der Waals surface area contributed by atoms with E-state index in [0.717, 1.165) is 5.56 Å². The predicted molar refractivity (Wildman–Crippen MR) is 114 cm³/mol. The molecule has 0 aliphatic rings. The van der Waals surface area contributed by atoms with Gasteiger partial charge in [-0.05, 0) is 42.8 Å². The van der Waals surface area contributed by atoms with E-state index in [9.17, 15) is 14.7 Å². The SMILES string of the molecule is COc1ccc(Cl)cc1NC(=O)c1c(O)c2cnn(-c3cccc(C)c3)c2[nH]c1=O. The lowest BCUT2D eigenvalue weighted by molar-refractivity contribution is 0.102. The van der Waals surface area contributed by atoms with Crippen LogP contribution in [0, 0.1) is 6.92 Å². The molecule has 2 aromatic carbocycles. The molecule has 9 heteroatoms. The van der Waals surface area contributed by atoms with Crippen LogP contribution < -0.4 is 15.6 Å². The molecule has 0 radical (unpaired) electrons. The molecule has 0 bridgehead atoms. The number of hydrogen-bond acceptors (Lipinski definition) is 5. The van der Waals surface area contributed by atoms with Crippen molar-refractivity contribution in [1.82, 2.24) is 14.8 Å². The monoisotopic (exact) mass is 424 g/mol. The average Bonchev–Trinajstić information content (AvgIpc) is 3.12. The van der Waals surface area contributed by atoms with E-state index in [2.05, 4.69) is 15.4 Å². The minimum Gasteiger partial charge on any atom is -0.506 e. The number of halogens is 1. The number of carbonyl (C=O) groups excluding carboxylic acids is 1. The molecule has 4 aromatic rings.